The summed E-state index contributed by atoms with van der Waals surface area (Å²) >= 11 is 0. The second-order valence-electron chi connectivity index (χ2n) is 5.52. The van der Waals surface area contributed by atoms with Crippen molar-refractivity contribution < 1.29 is 18.4 Å². The first-order valence-corrected chi connectivity index (χ1v) is 7.69. The van der Waals surface area contributed by atoms with Gasteiger partial charge in [-0.1, -0.05) is 12.1 Å². The van der Waals surface area contributed by atoms with E-state index in [9.17, 15) is 18.4 Å². The quantitative estimate of drug-likeness (QED) is 0.657. The Balaban J connectivity index is 1.71. The van der Waals surface area contributed by atoms with Crippen LogP contribution < -0.4 is 5.32 Å². The molecule has 0 atom stereocenters. The number of imidazole rings is 1. The maximum absolute atomic E-state index is 14.1. The van der Waals surface area contributed by atoms with E-state index in [4.69, 9.17) is 0 Å². The van der Waals surface area contributed by atoms with Gasteiger partial charge in [0.1, 0.15) is 11.4 Å². The van der Waals surface area contributed by atoms with Crippen LogP contribution in [0.2, 0.25) is 0 Å². The zero-order valence-corrected chi connectivity index (χ0v) is 13.5. The number of nitrogens with zero attached hydrogens (tertiary/aromatic N) is 3. The van der Waals surface area contributed by atoms with Gasteiger partial charge in [-0.2, -0.15) is 0 Å². The molecule has 0 aliphatic carbocycles. The Morgan fingerprint density at radius 1 is 1.15 bits per heavy atom. The molecule has 0 saturated heterocycles. The minimum atomic E-state index is -1.17. The minimum absolute atomic E-state index is 0.0396. The number of aromatic amines is 2. The van der Waals surface area contributed by atoms with Gasteiger partial charge < -0.3 is 9.97 Å². The Kier molecular flexibility index (Phi) is 3.92. The van der Waals surface area contributed by atoms with Gasteiger partial charge in [0, 0.05) is 29.7 Å². The van der Waals surface area contributed by atoms with Crippen LogP contribution in [0, 0.1) is 11.6 Å². The normalized spacial score (nSPS) is 13.5. The van der Waals surface area contributed by atoms with Crippen molar-refractivity contribution in [2.45, 2.75) is 0 Å². The summed E-state index contributed by atoms with van der Waals surface area (Å²) in [6.07, 6.45) is 4.44. The molecule has 1 aliphatic rings. The summed E-state index contributed by atoms with van der Waals surface area (Å²) in [5.74, 6) is -3.29. The average molecular weight is 368 g/mol. The molecule has 0 radical (unpaired) electrons. The van der Waals surface area contributed by atoms with Gasteiger partial charge >= 0.3 is 0 Å². The number of nitrogens with one attached hydrogen (secondary N) is 3. The number of halogens is 2. The van der Waals surface area contributed by atoms with Gasteiger partial charge in [-0.25, -0.2) is 13.8 Å². The molecule has 1 aliphatic heterocycles. The van der Waals surface area contributed by atoms with Gasteiger partial charge in [0.2, 0.25) is 5.95 Å². The van der Waals surface area contributed by atoms with Gasteiger partial charge in [-0.05, 0) is 12.1 Å². The number of azo groups is 1. The number of hydrogen-bond acceptors (Lipinski definition) is 4. The fourth-order valence-corrected chi connectivity index (χ4v) is 2.61. The summed E-state index contributed by atoms with van der Waals surface area (Å²) in [6, 6.07) is 4.91. The molecule has 8 nitrogen and oxygen atoms in total. The second kappa shape index (κ2) is 6.41. The van der Waals surface area contributed by atoms with Crippen molar-refractivity contribution >= 4 is 29.0 Å². The van der Waals surface area contributed by atoms with Crippen molar-refractivity contribution in [3.8, 4) is 0 Å². The SMILES string of the molecule is O=C1N=NC(c2c[nH]c(C(=O)Nc3ncc[nH]3)c2)=C1c1cccc(F)c1F. The standard InChI is InChI=1S/C17H10F2N6O2/c18-10-3-1-2-9(13(10)19)12-14(24-25-16(12)27)8-6-11(22-7-8)15(26)23-17-20-4-5-21-17/h1-7,22H,(H2,20,21,23,26). The highest BCUT2D eigenvalue weighted by molar-refractivity contribution is 6.29. The summed E-state index contributed by atoms with van der Waals surface area (Å²) in [5.41, 5.74) is 0.0972. The number of amides is 2. The fraction of sp³-hybridized carbons (Fsp3) is 0. The molecule has 0 spiro atoms. The Bertz CT molecular complexity index is 1110. The lowest BCUT2D eigenvalue weighted by molar-refractivity contribution is -0.112. The maximum atomic E-state index is 14.1. The van der Waals surface area contributed by atoms with Crippen molar-refractivity contribution in [1.82, 2.24) is 15.0 Å². The third-order valence-corrected chi connectivity index (χ3v) is 3.84. The van der Waals surface area contributed by atoms with Crippen molar-refractivity contribution in [2.24, 2.45) is 10.2 Å². The van der Waals surface area contributed by atoms with E-state index in [2.05, 4.69) is 30.5 Å². The Labute approximate surface area is 150 Å². The lowest BCUT2D eigenvalue weighted by Gasteiger charge is -2.04. The van der Waals surface area contributed by atoms with E-state index >= 15 is 0 Å². The number of carbonyl (C=O) groups is 2. The van der Waals surface area contributed by atoms with E-state index in [0.29, 0.717) is 5.56 Å². The van der Waals surface area contributed by atoms with Gasteiger partial charge in [0.25, 0.3) is 11.8 Å². The lowest BCUT2D eigenvalue weighted by atomic mass is 10.0. The molecule has 27 heavy (non-hydrogen) atoms. The predicted molar refractivity (Wildman–Crippen MR) is 90.4 cm³/mol. The summed E-state index contributed by atoms with van der Waals surface area (Å²) in [6.45, 7) is 0. The van der Waals surface area contributed by atoms with Crippen molar-refractivity contribution in [1.29, 1.82) is 0 Å². The van der Waals surface area contributed by atoms with E-state index in [-0.39, 0.29) is 28.5 Å². The smallest absolute Gasteiger partial charge is 0.298 e. The molecule has 3 N–H and O–H groups in total. The summed E-state index contributed by atoms with van der Waals surface area (Å²) in [5, 5.41) is 9.72. The van der Waals surface area contributed by atoms with Crippen LogP contribution >= 0.6 is 0 Å². The van der Waals surface area contributed by atoms with E-state index in [1.807, 2.05) is 0 Å². The molecule has 3 aromatic rings. The number of benzene rings is 1. The molecule has 0 unspecified atom stereocenters. The van der Waals surface area contributed by atoms with Gasteiger partial charge in [0.15, 0.2) is 11.6 Å². The van der Waals surface area contributed by atoms with Gasteiger partial charge in [-0.3, -0.25) is 14.9 Å². The molecule has 134 valence electrons. The molecule has 2 amide bonds. The van der Waals surface area contributed by atoms with Crippen molar-refractivity contribution in [3.05, 3.63) is 71.3 Å². The van der Waals surface area contributed by atoms with Crippen LogP contribution in [0.4, 0.5) is 14.7 Å². The number of carbonyl (C=O) groups excluding carboxylic acids is 2. The highest BCUT2D eigenvalue weighted by Crippen LogP contribution is 2.35. The average Bonchev–Trinajstić information content (AvgIpc) is 3.38. The summed E-state index contributed by atoms with van der Waals surface area (Å²) < 4.78 is 27.7. The van der Waals surface area contributed by atoms with Crippen LogP contribution in [0.3, 0.4) is 0 Å². The van der Waals surface area contributed by atoms with Crippen molar-refractivity contribution in [3.63, 3.8) is 0 Å². The molecular weight excluding hydrogens is 358 g/mol. The van der Waals surface area contributed by atoms with Crippen LogP contribution in [0.5, 0.6) is 0 Å². The molecule has 2 aromatic heterocycles. The van der Waals surface area contributed by atoms with E-state index in [0.717, 1.165) is 6.07 Å². The Morgan fingerprint density at radius 2 is 2.00 bits per heavy atom. The Hall–Kier alpha value is -3.95. The monoisotopic (exact) mass is 368 g/mol. The first-order valence-electron chi connectivity index (χ1n) is 7.69. The predicted octanol–water partition coefficient (Wildman–Crippen LogP) is 3.13. The molecule has 0 bridgehead atoms. The van der Waals surface area contributed by atoms with Crippen LogP contribution in [-0.2, 0) is 4.79 Å². The molecule has 1 aromatic carbocycles. The zero-order valence-electron chi connectivity index (χ0n) is 13.5. The molecule has 10 heteroatoms. The van der Waals surface area contributed by atoms with E-state index < -0.39 is 23.4 Å². The summed E-state index contributed by atoms with van der Waals surface area (Å²) in [4.78, 5) is 33.6. The Morgan fingerprint density at radius 3 is 2.78 bits per heavy atom. The molecule has 3 heterocycles. The van der Waals surface area contributed by atoms with Crippen LogP contribution in [0.15, 0.2) is 53.1 Å². The molecule has 4 rings (SSSR count). The zero-order chi connectivity index (χ0) is 19.0. The highest BCUT2D eigenvalue weighted by Gasteiger charge is 2.28. The largest absolute Gasteiger partial charge is 0.357 e. The van der Waals surface area contributed by atoms with Crippen LogP contribution in [0.1, 0.15) is 21.6 Å². The second-order valence-corrected chi connectivity index (χ2v) is 5.52. The van der Waals surface area contributed by atoms with E-state index in [1.165, 1.54) is 30.6 Å². The van der Waals surface area contributed by atoms with E-state index in [1.54, 1.807) is 6.20 Å². The maximum Gasteiger partial charge on any atom is 0.298 e. The molecule has 0 saturated carbocycles. The lowest BCUT2D eigenvalue weighted by Crippen LogP contribution is -2.13. The first-order chi connectivity index (χ1) is 13.0. The van der Waals surface area contributed by atoms with Crippen LogP contribution in [-0.4, -0.2) is 26.8 Å². The third-order valence-electron chi connectivity index (χ3n) is 3.84. The van der Waals surface area contributed by atoms with Gasteiger partial charge in [0.05, 0.1) is 5.57 Å². The minimum Gasteiger partial charge on any atom is -0.357 e. The number of rotatable bonds is 4. The van der Waals surface area contributed by atoms with Crippen molar-refractivity contribution in [2.75, 3.05) is 5.32 Å². The molecular formula is C17H10F2N6O2. The fourth-order valence-electron chi connectivity index (χ4n) is 2.61. The third kappa shape index (κ3) is 2.92. The number of hydrogen-bond donors (Lipinski definition) is 3. The number of aromatic nitrogens is 3. The number of anilines is 1. The topological polar surface area (TPSA) is 115 Å². The van der Waals surface area contributed by atoms with Gasteiger partial charge in [-0.15, -0.1) is 10.2 Å². The summed E-state index contributed by atoms with van der Waals surface area (Å²) in [7, 11) is 0. The number of H-pyrrole nitrogens is 2. The first kappa shape index (κ1) is 16.5. The molecule has 0 fully saturated rings. The van der Waals surface area contributed by atoms with Crippen LogP contribution in [0.25, 0.3) is 11.3 Å². The highest BCUT2D eigenvalue weighted by atomic mass is 19.2.